The van der Waals surface area contributed by atoms with E-state index in [1.165, 1.54) is 11.1 Å². The Kier molecular flexibility index (Phi) is 6.82. The molecule has 0 heterocycles. The highest BCUT2D eigenvalue weighted by Crippen LogP contribution is 2.11. The van der Waals surface area contributed by atoms with E-state index in [1.54, 1.807) is 0 Å². The molecule has 0 unspecified atom stereocenters. The average molecular weight is 311 g/mol. The first-order valence-corrected chi connectivity index (χ1v) is 8.13. The van der Waals surface area contributed by atoms with Crippen molar-refractivity contribution in [1.29, 1.82) is 0 Å². The van der Waals surface area contributed by atoms with Crippen LogP contribution in [0.2, 0.25) is 0 Å². The molecule has 0 radical (unpaired) electrons. The lowest BCUT2D eigenvalue weighted by atomic mass is 10.1. The summed E-state index contributed by atoms with van der Waals surface area (Å²) in [7, 11) is 0. The minimum atomic E-state index is -0.133. The van der Waals surface area contributed by atoms with Gasteiger partial charge in [0.05, 0.1) is 12.5 Å². The molecule has 2 aromatic rings. The van der Waals surface area contributed by atoms with Crippen LogP contribution in [0.25, 0.3) is 0 Å². The minimum absolute atomic E-state index is 0.0563. The molecule has 0 aliphatic heterocycles. The van der Waals surface area contributed by atoms with Crippen molar-refractivity contribution in [3.05, 3.63) is 71.8 Å². The molecule has 23 heavy (non-hydrogen) atoms. The van der Waals surface area contributed by atoms with Gasteiger partial charge in [-0.2, -0.15) is 0 Å². The van der Waals surface area contributed by atoms with E-state index in [2.05, 4.69) is 29.2 Å². The Balaban J connectivity index is 1.97. The van der Waals surface area contributed by atoms with Crippen molar-refractivity contribution < 1.29 is 9.53 Å². The molecule has 0 fully saturated rings. The van der Waals surface area contributed by atoms with Crippen molar-refractivity contribution >= 4 is 5.97 Å². The van der Waals surface area contributed by atoms with Gasteiger partial charge in [0, 0.05) is 19.6 Å². The highest BCUT2D eigenvalue weighted by molar-refractivity contribution is 5.69. The van der Waals surface area contributed by atoms with Crippen LogP contribution >= 0.6 is 0 Å². The van der Waals surface area contributed by atoms with E-state index in [0.717, 1.165) is 13.1 Å². The fraction of sp³-hybridized carbons (Fsp3) is 0.350. The number of nitrogens with zero attached hydrogens (tertiary/aromatic N) is 1. The molecular formula is C20H25NO2. The summed E-state index contributed by atoms with van der Waals surface area (Å²) in [6.45, 7) is 6.10. The van der Waals surface area contributed by atoms with E-state index < -0.39 is 0 Å². The Morgan fingerprint density at radius 3 is 1.83 bits per heavy atom. The number of ether oxygens (including phenoxy) is 1. The molecule has 0 N–H and O–H groups in total. The third-order valence-corrected chi connectivity index (χ3v) is 3.50. The molecule has 0 aliphatic rings. The van der Waals surface area contributed by atoms with E-state index in [4.69, 9.17) is 4.74 Å². The van der Waals surface area contributed by atoms with Crippen LogP contribution in [-0.2, 0) is 22.6 Å². The molecule has 0 atom stereocenters. The monoisotopic (exact) mass is 311 g/mol. The molecule has 0 amide bonds. The molecule has 2 rings (SSSR count). The van der Waals surface area contributed by atoms with Gasteiger partial charge in [-0.05, 0) is 25.0 Å². The third-order valence-electron chi connectivity index (χ3n) is 3.50. The Labute approximate surface area is 138 Å². The second-order valence-electron chi connectivity index (χ2n) is 5.97. The second kappa shape index (κ2) is 9.11. The minimum Gasteiger partial charge on any atom is -0.463 e. The Morgan fingerprint density at radius 2 is 1.39 bits per heavy atom. The van der Waals surface area contributed by atoms with Gasteiger partial charge < -0.3 is 4.74 Å². The summed E-state index contributed by atoms with van der Waals surface area (Å²) < 4.78 is 5.24. The van der Waals surface area contributed by atoms with Crippen molar-refractivity contribution in [3.8, 4) is 0 Å². The first-order chi connectivity index (χ1) is 11.1. The highest BCUT2D eigenvalue weighted by Gasteiger charge is 2.11. The zero-order valence-corrected chi connectivity index (χ0v) is 13.9. The lowest BCUT2D eigenvalue weighted by Crippen LogP contribution is -2.26. The summed E-state index contributed by atoms with van der Waals surface area (Å²) in [5.41, 5.74) is 2.50. The predicted molar refractivity (Wildman–Crippen MR) is 92.8 cm³/mol. The zero-order valence-electron chi connectivity index (χ0n) is 13.9. The molecule has 3 nitrogen and oxygen atoms in total. The maximum Gasteiger partial charge on any atom is 0.307 e. The summed E-state index contributed by atoms with van der Waals surface area (Å²) in [5.74, 6) is -0.133. The summed E-state index contributed by atoms with van der Waals surface area (Å²) in [5, 5.41) is 0. The van der Waals surface area contributed by atoms with Crippen LogP contribution in [0.4, 0.5) is 0 Å². The van der Waals surface area contributed by atoms with Crippen LogP contribution in [0, 0.1) is 0 Å². The van der Waals surface area contributed by atoms with Crippen molar-refractivity contribution in [1.82, 2.24) is 4.90 Å². The van der Waals surface area contributed by atoms with E-state index in [0.29, 0.717) is 13.0 Å². The van der Waals surface area contributed by atoms with Crippen molar-refractivity contribution in [2.24, 2.45) is 0 Å². The molecule has 0 aliphatic carbocycles. The molecule has 3 heteroatoms. The van der Waals surface area contributed by atoms with Gasteiger partial charge in [-0.15, -0.1) is 0 Å². The number of hydrogen-bond donors (Lipinski definition) is 0. The van der Waals surface area contributed by atoms with Crippen molar-refractivity contribution in [3.63, 3.8) is 0 Å². The number of esters is 1. The second-order valence-corrected chi connectivity index (χ2v) is 5.97. The standard InChI is InChI=1S/C20H25NO2/c1-17(2)23-20(22)13-14-21(15-18-9-5-3-6-10-18)16-19-11-7-4-8-12-19/h3-12,17H,13-16H2,1-2H3. The van der Waals surface area contributed by atoms with Crippen molar-refractivity contribution in [2.75, 3.05) is 6.54 Å². The number of hydrogen-bond acceptors (Lipinski definition) is 3. The zero-order chi connectivity index (χ0) is 16.5. The topological polar surface area (TPSA) is 29.5 Å². The molecule has 122 valence electrons. The van der Waals surface area contributed by atoms with Gasteiger partial charge in [-0.1, -0.05) is 60.7 Å². The third kappa shape index (κ3) is 6.66. The van der Waals surface area contributed by atoms with E-state index >= 15 is 0 Å². The quantitative estimate of drug-likeness (QED) is 0.689. The molecule has 0 bridgehead atoms. The highest BCUT2D eigenvalue weighted by atomic mass is 16.5. The maximum atomic E-state index is 11.8. The first-order valence-electron chi connectivity index (χ1n) is 8.13. The SMILES string of the molecule is CC(C)OC(=O)CCN(Cc1ccccc1)Cc1ccccc1. The van der Waals surface area contributed by atoms with E-state index in [-0.39, 0.29) is 12.1 Å². The summed E-state index contributed by atoms with van der Waals surface area (Å²) in [6, 6.07) is 20.7. The Morgan fingerprint density at radius 1 is 0.913 bits per heavy atom. The van der Waals surface area contributed by atoms with Gasteiger partial charge in [0.15, 0.2) is 0 Å². The van der Waals surface area contributed by atoms with Crippen LogP contribution in [0.15, 0.2) is 60.7 Å². The molecule has 2 aromatic carbocycles. The molecule has 0 aromatic heterocycles. The van der Waals surface area contributed by atoms with Gasteiger partial charge in [0.2, 0.25) is 0 Å². The largest absolute Gasteiger partial charge is 0.463 e. The predicted octanol–water partition coefficient (Wildman–Crippen LogP) is 4.03. The van der Waals surface area contributed by atoms with Gasteiger partial charge >= 0.3 is 5.97 Å². The summed E-state index contributed by atoms with van der Waals surface area (Å²) in [4.78, 5) is 14.1. The van der Waals surface area contributed by atoms with Gasteiger partial charge in [-0.25, -0.2) is 0 Å². The smallest absolute Gasteiger partial charge is 0.307 e. The Bertz CT molecular complexity index is 540. The first kappa shape index (κ1) is 17.2. The fourth-order valence-corrected chi connectivity index (χ4v) is 2.47. The number of carbonyl (C=O) groups excluding carboxylic acids is 1. The molecule has 0 saturated heterocycles. The maximum absolute atomic E-state index is 11.8. The number of benzene rings is 2. The average Bonchev–Trinajstić information content (AvgIpc) is 2.54. The van der Waals surface area contributed by atoms with Crippen LogP contribution in [0.5, 0.6) is 0 Å². The van der Waals surface area contributed by atoms with Crippen LogP contribution < -0.4 is 0 Å². The molecular weight excluding hydrogens is 286 g/mol. The lowest BCUT2D eigenvalue weighted by Gasteiger charge is -2.22. The van der Waals surface area contributed by atoms with Gasteiger partial charge in [0.25, 0.3) is 0 Å². The van der Waals surface area contributed by atoms with Gasteiger partial charge in [0.1, 0.15) is 0 Å². The van der Waals surface area contributed by atoms with Crippen molar-refractivity contribution in [2.45, 2.75) is 39.5 Å². The molecule has 0 spiro atoms. The Hall–Kier alpha value is -2.13. The fourth-order valence-electron chi connectivity index (χ4n) is 2.47. The summed E-state index contributed by atoms with van der Waals surface area (Å²) >= 11 is 0. The van der Waals surface area contributed by atoms with Crippen LogP contribution in [0.1, 0.15) is 31.4 Å². The molecule has 0 saturated carbocycles. The van der Waals surface area contributed by atoms with E-state index in [9.17, 15) is 4.79 Å². The summed E-state index contributed by atoms with van der Waals surface area (Å²) in [6.07, 6.45) is 0.358. The van der Waals surface area contributed by atoms with Gasteiger partial charge in [-0.3, -0.25) is 9.69 Å². The van der Waals surface area contributed by atoms with Crippen LogP contribution in [-0.4, -0.2) is 23.5 Å². The lowest BCUT2D eigenvalue weighted by molar-refractivity contribution is -0.147. The van der Waals surface area contributed by atoms with Crippen LogP contribution in [0.3, 0.4) is 0 Å². The number of rotatable bonds is 8. The normalized spacial score (nSPS) is 11.0. The number of carbonyl (C=O) groups is 1. The van der Waals surface area contributed by atoms with E-state index in [1.807, 2.05) is 50.2 Å².